The molecule has 130 valence electrons. The molecule has 2 aromatic heterocycles. The molecule has 0 aliphatic heterocycles. The summed E-state index contributed by atoms with van der Waals surface area (Å²) in [6.07, 6.45) is 3.47. The number of halogens is 1. The van der Waals surface area contributed by atoms with Crippen LogP contribution in [0.4, 0.5) is 0 Å². The molecule has 1 aromatic carbocycles. The number of hydrogen-bond acceptors (Lipinski definition) is 4. The van der Waals surface area contributed by atoms with E-state index in [9.17, 15) is 4.79 Å². The maximum Gasteiger partial charge on any atom is 0.253 e. The van der Waals surface area contributed by atoms with Crippen molar-refractivity contribution in [3.63, 3.8) is 0 Å². The van der Waals surface area contributed by atoms with E-state index in [0.29, 0.717) is 17.6 Å². The van der Waals surface area contributed by atoms with Gasteiger partial charge < -0.3 is 10.2 Å². The Morgan fingerprint density at radius 3 is 2.56 bits per heavy atom. The van der Waals surface area contributed by atoms with Gasteiger partial charge in [-0.3, -0.25) is 9.78 Å². The average molecular weight is 357 g/mol. The number of fused-ring (bicyclic) bond motifs is 1. The Morgan fingerprint density at radius 1 is 1.08 bits per heavy atom. The van der Waals surface area contributed by atoms with Crippen molar-refractivity contribution < 1.29 is 4.79 Å². The Morgan fingerprint density at radius 2 is 1.84 bits per heavy atom. The van der Waals surface area contributed by atoms with Gasteiger partial charge in [0.05, 0.1) is 16.8 Å². The summed E-state index contributed by atoms with van der Waals surface area (Å²) >= 11 is 0. The second-order valence-electron chi connectivity index (χ2n) is 5.87. The molecule has 2 heterocycles. The fraction of sp³-hybridized carbons (Fsp3) is 0.211. The minimum Gasteiger partial charge on any atom is -0.351 e. The van der Waals surface area contributed by atoms with Crippen LogP contribution in [0.3, 0.4) is 0 Å². The minimum absolute atomic E-state index is 0. The Bertz CT molecular complexity index is 852. The van der Waals surface area contributed by atoms with Crippen molar-refractivity contribution in [1.82, 2.24) is 20.2 Å². The van der Waals surface area contributed by atoms with Crippen molar-refractivity contribution in [3.05, 3.63) is 60.4 Å². The first-order valence-electron chi connectivity index (χ1n) is 7.88. The van der Waals surface area contributed by atoms with E-state index in [2.05, 4.69) is 10.3 Å². The topological polar surface area (TPSA) is 58.1 Å². The molecule has 6 heteroatoms. The van der Waals surface area contributed by atoms with Crippen LogP contribution in [0.15, 0.2) is 54.9 Å². The van der Waals surface area contributed by atoms with Crippen LogP contribution in [0.25, 0.3) is 22.2 Å². The first kappa shape index (κ1) is 18.8. The number of benzene rings is 1. The summed E-state index contributed by atoms with van der Waals surface area (Å²) < 4.78 is 0. The third-order valence-electron chi connectivity index (χ3n) is 3.79. The van der Waals surface area contributed by atoms with Crippen LogP contribution >= 0.6 is 12.4 Å². The number of rotatable bonds is 5. The van der Waals surface area contributed by atoms with Crippen LogP contribution in [0.2, 0.25) is 0 Å². The standard InChI is InChI=1S/C19H20N4O.ClH/c1-23(2)13-12-21-19(24)16-5-3-4-15-6-7-17(22-18(15)16)14-8-10-20-11-9-14;/h3-11H,12-13H2,1-2H3,(H,21,24);1H. The molecule has 0 aliphatic carbocycles. The molecule has 0 saturated carbocycles. The van der Waals surface area contributed by atoms with Crippen LogP contribution in [-0.4, -0.2) is 48.0 Å². The number of carbonyl (C=O) groups excluding carboxylic acids is 1. The molecular weight excluding hydrogens is 336 g/mol. The Labute approximate surface area is 153 Å². The lowest BCUT2D eigenvalue weighted by Gasteiger charge is -2.12. The maximum atomic E-state index is 12.5. The molecular formula is C19H21ClN4O. The number of pyridine rings is 2. The van der Waals surface area contributed by atoms with Crippen LogP contribution in [-0.2, 0) is 0 Å². The molecule has 0 fully saturated rings. The molecule has 3 aromatic rings. The first-order valence-corrected chi connectivity index (χ1v) is 7.88. The Kier molecular flexibility index (Phi) is 6.44. The number of carbonyl (C=O) groups is 1. The highest BCUT2D eigenvalue weighted by Gasteiger charge is 2.12. The largest absolute Gasteiger partial charge is 0.351 e. The summed E-state index contributed by atoms with van der Waals surface area (Å²) in [7, 11) is 3.96. The number of likely N-dealkylation sites (N-methyl/N-ethyl adjacent to an activating group) is 1. The zero-order valence-corrected chi connectivity index (χ0v) is 15.1. The van der Waals surface area contributed by atoms with Crippen molar-refractivity contribution in [2.24, 2.45) is 0 Å². The van der Waals surface area contributed by atoms with E-state index in [0.717, 1.165) is 23.2 Å². The van der Waals surface area contributed by atoms with Crippen molar-refractivity contribution in [1.29, 1.82) is 0 Å². The molecule has 0 bridgehead atoms. The zero-order valence-electron chi connectivity index (χ0n) is 14.3. The lowest BCUT2D eigenvalue weighted by Crippen LogP contribution is -2.31. The smallest absolute Gasteiger partial charge is 0.253 e. The van der Waals surface area contributed by atoms with Gasteiger partial charge in [-0.2, -0.15) is 0 Å². The summed E-state index contributed by atoms with van der Waals surface area (Å²) in [5.41, 5.74) is 3.13. The summed E-state index contributed by atoms with van der Waals surface area (Å²) in [6, 6.07) is 13.4. The van der Waals surface area contributed by atoms with Crippen LogP contribution in [0, 0.1) is 0 Å². The zero-order chi connectivity index (χ0) is 16.9. The average Bonchev–Trinajstić information content (AvgIpc) is 2.61. The number of nitrogens with zero attached hydrogens (tertiary/aromatic N) is 3. The van der Waals surface area contributed by atoms with E-state index in [-0.39, 0.29) is 18.3 Å². The monoisotopic (exact) mass is 356 g/mol. The fourth-order valence-corrected chi connectivity index (χ4v) is 2.50. The van der Waals surface area contributed by atoms with Gasteiger partial charge in [0.2, 0.25) is 0 Å². The molecule has 0 saturated heterocycles. The lowest BCUT2D eigenvalue weighted by molar-refractivity contribution is 0.0952. The molecule has 5 nitrogen and oxygen atoms in total. The molecule has 0 radical (unpaired) electrons. The van der Waals surface area contributed by atoms with Gasteiger partial charge in [0.1, 0.15) is 0 Å². The van der Waals surface area contributed by atoms with E-state index in [1.165, 1.54) is 0 Å². The normalized spacial score (nSPS) is 10.5. The van der Waals surface area contributed by atoms with Crippen molar-refractivity contribution in [3.8, 4) is 11.3 Å². The molecule has 0 unspecified atom stereocenters. The second-order valence-corrected chi connectivity index (χ2v) is 5.87. The van der Waals surface area contributed by atoms with Crippen molar-refractivity contribution in [2.45, 2.75) is 0 Å². The summed E-state index contributed by atoms with van der Waals surface area (Å²) in [5, 5.41) is 3.90. The highest BCUT2D eigenvalue weighted by molar-refractivity contribution is 6.05. The number of nitrogens with one attached hydrogen (secondary N) is 1. The van der Waals surface area contributed by atoms with Gasteiger partial charge in [-0.05, 0) is 38.4 Å². The third kappa shape index (κ3) is 4.53. The molecule has 3 rings (SSSR count). The van der Waals surface area contributed by atoms with E-state index in [1.807, 2.05) is 61.5 Å². The molecule has 1 amide bonds. The van der Waals surface area contributed by atoms with Gasteiger partial charge in [-0.15, -0.1) is 12.4 Å². The molecule has 0 atom stereocenters. The molecule has 1 N–H and O–H groups in total. The van der Waals surface area contributed by atoms with Gasteiger partial charge in [-0.1, -0.05) is 18.2 Å². The third-order valence-corrected chi connectivity index (χ3v) is 3.79. The van der Waals surface area contributed by atoms with Crippen LogP contribution in [0.1, 0.15) is 10.4 Å². The SMILES string of the molecule is CN(C)CCNC(=O)c1cccc2ccc(-c3ccncc3)nc12.Cl. The predicted molar refractivity (Wildman–Crippen MR) is 103 cm³/mol. The minimum atomic E-state index is -0.0955. The van der Waals surface area contributed by atoms with Gasteiger partial charge >= 0.3 is 0 Å². The summed E-state index contributed by atoms with van der Waals surface area (Å²) in [5.74, 6) is -0.0955. The molecule has 25 heavy (non-hydrogen) atoms. The number of amides is 1. The van der Waals surface area contributed by atoms with Crippen LogP contribution < -0.4 is 5.32 Å². The first-order chi connectivity index (χ1) is 11.6. The van der Waals surface area contributed by atoms with Crippen molar-refractivity contribution >= 4 is 29.2 Å². The number of para-hydroxylation sites is 1. The van der Waals surface area contributed by atoms with E-state index in [1.54, 1.807) is 12.4 Å². The number of aromatic nitrogens is 2. The predicted octanol–water partition coefficient (Wildman–Crippen LogP) is 3.01. The highest BCUT2D eigenvalue weighted by Crippen LogP contribution is 2.22. The summed E-state index contributed by atoms with van der Waals surface area (Å²) in [4.78, 5) is 23.3. The lowest BCUT2D eigenvalue weighted by atomic mass is 10.1. The Balaban J connectivity index is 0.00000225. The van der Waals surface area contributed by atoms with Gasteiger partial charge in [0.15, 0.2) is 0 Å². The highest BCUT2D eigenvalue weighted by atomic mass is 35.5. The second kappa shape index (κ2) is 8.55. The number of hydrogen-bond donors (Lipinski definition) is 1. The van der Waals surface area contributed by atoms with Gasteiger partial charge in [-0.25, -0.2) is 4.98 Å². The van der Waals surface area contributed by atoms with E-state index in [4.69, 9.17) is 4.98 Å². The molecule has 0 spiro atoms. The van der Waals surface area contributed by atoms with Gasteiger partial charge in [0.25, 0.3) is 5.91 Å². The van der Waals surface area contributed by atoms with E-state index >= 15 is 0 Å². The van der Waals surface area contributed by atoms with E-state index < -0.39 is 0 Å². The Hall–Kier alpha value is -2.50. The summed E-state index contributed by atoms with van der Waals surface area (Å²) in [6.45, 7) is 1.40. The fourth-order valence-electron chi connectivity index (χ4n) is 2.50. The quantitative estimate of drug-likeness (QED) is 0.763. The maximum absolute atomic E-state index is 12.5. The van der Waals surface area contributed by atoms with Gasteiger partial charge in [0, 0.05) is 36.4 Å². The van der Waals surface area contributed by atoms with Crippen LogP contribution in [0.5, 0.6) is 0 Å². The van der Waals surface area contributed by atoms with Crippen molar-refractivity contribution in [2.75, 3.05) is 27.2 Å². The molecule has 0 aliphatic rings.